The number of allylic oxidation sites excluding steroid dienone is 2. The molecule has 0 N–H and O–H groups in total. The van der Waals surface area contributed by atoms with Crippen LogP contribution < -0.4 is 5.69 Å². The number of aryl methyl sites for hydroxylation is 2. The van der Waals surface area contributed by atoms with Crippen molar-refractivity contribution in [3.05, 3.63) is 44.6 Å². The highest BCUT2D eigenvalue weighted by Gasteiger charge is 2.29. The van der Waals surface area contributed by atoms with Crippen LogP contribution in [0.2, 0.25) is 0 Å². The summed E-state index contributed by atoms with van der Waals surface area (Å²) in [7, 11) is 0. The van der Waals surface area contributed by atoms with Gasteiger partial charge in [0.1, 0.15) is 0 Å². The van der Waals surface area contributed by atoms with Gasteiger partial charge >= 0.3 is 5.69 Å². The van der Waals surface area contributed by atoms with Gasteiger partial charge in [-0.15, -0.1) is 0 Å². The van der Waals surface area contributed by atoms with E-state index < -0.39 is 5.69 Å². The van der Waals surface area contributed by atoms with Gasteiger partial charge in [0, 0.05) is 16.8 Å². The van der Waals surface area contributed by atoms with Crippen molar-refractivity contribution in [2.75, 3.05) is 0 Å². The molecule has 2 aromatic heterocycles. The normalized spacial score (nSPS) is 14.1. The van der Waals surface area contributed by atoms with Crippen LogP contribution in [-0.4, -0.2) is 20.7 Å². The van der Waals surface area contributed by atoms with Crippen molar-refractivity contribution in [3.8, 4) is 0 Å². The molecule has 0 saturated carbocycles. The Kier molecular flexibility index (Phi) is 2.99. The van der Waals surface area contributed by atoms with Gasteiger partial charge in [-0.3, -0.25) is 14.0 Å². The van der Waals surface area contributed by atoms with Gasteiger partial charge in [0.25, 0.3) is 5.91 Å². The number of nitrogens with zero attached hydrogens (tertiary/aromatic N) is 2. The number of fused-ring (bicyclic) bond motifs is 2. The number of ketones is 1. The van der Waals surface area contributed by atoms with Crippen molar-refractivity contribution in [3.63, 3.8) is 0 Å². The fraction of sp³-hybridized carbons (Fsp3) is 0.353. The van der Waals surface area contributed by atoms with E-state index in [4.69, 9.17) is 0 Å². The highest BCUT2D eigenvalue weighted by atomic mass is 16.2. The Morgan fingerprint density at radius 2 is 1.82 bits per heavy atom. The molecule has 22 heavy (non-hydrogen) atoms. The summed E-state index contributed by atoms with van der Waals surface area (Å²) < 4.78 is 2.69. The highest BCUT2D eigenvalue weighted by Crippen LogP contribution is 2.31. The summed E-state index contributed by atoms with van der Waals surface area (Å²) in [6.45, 7) is 8.80. The molecule has 0 fully saturated rings. The molecule has 0 aromatic carbocycles. The van der Waals surface area contributed by atoms with E-state index >= 15 is 0 Å². The first kappa shape index (κ1) is 14.5. The molecule has 0 aliphatic carbocycles. The zero-order valence-electron chi connectivity index (χ0n) is 13.4. The second-order valence-electron chi connectivity index (χ2n) is 5.77. The van der Waals surface area contributed by atoms with E-state index in [1.165, 1.54) is 15.9 Å². The van der Waals surface area contributed by atoms with Crippen LogP contribution in [-0.2, 0) is 0 Å². The molecule has 3 heterocycles. The topological polar surface area (TPSA) is 60.6 Å². The Balaban J connectivity index is 2.53. The first-order chi connectivity index (χ1) is 10.3. The lowest BCUT2D eigenvalue weighted by molar-refractivity contribution is 0.0954. The van der Waals surface area contributed by atoms with Crippen LogP contribution in [0.1, 0.15) is 59.3 Å². The lowest BCUT2D eigenvalue weighted by Crippen LogP contribution is -2.31. The summed E-state index contributed by atoms with van der Waals surface area (Å²) >= 11 is 0. The van der Waals surface area contributed by atoms with E-state index in [1.54, 1.807) is 13.8 Å². The molecule has 5 nitrogen and oxygen atoms in total. The zero-order chi connectivity index (χ0) is 16.3. The van der Waals surface area contributed by atoms with E-state index in [0.717, 1.165) is 11.1 Å². The van der Waals surface area contributed by atoms with Crippen LogP contribution in [0.4, 0.5) is 0 Å². The predicted octanol–water partition coefficient (Wildman–Crippen LogP) is 2.76. The third-order valence-corrected chi connectivity index (χ3v) is 4.59. The standard InChI is InChI=1S/C17H18N2O3/c1-6-12-8(2)16(21)19-14(12)7-13-9(3)15(11(5)20)10(4)18(13)17(19)22/h7H,6H2,1-5H3. The Morgan fingerprint density at radius 3 is 2.36 bits per heavy atom. The molecule has 1 aliphatic rings. The van der Waals surface area contributed by atoms with Crippen molar-refractivity contribution in [1.82, 2.24) is 8.97 Å². The van der Waals surface area contributed by atoms with Gasteiger partial charge in [-0.25, -0.2) is 9.36 Å². The summed E-state index contributed by atoms with van der Waals surface area (Å²) in [5, 5.41) is 0. The summed E-state index contributed by atoms with van der Waals surface area (Å²) in [6, 6.07) is 1.85. The largest absolute Gasteiger partial charge is 0.340 e. The first-order valence-corrected chi connectivity index (χ1v) is 7.34. The number of hydrogen-bond acceptors (Lipinski definition) is 3. The minimum Gasteiger partial charge on any atom is -0.294 e. The molecular weight excluding hydrogens is 280 g/mol. The van der Waals surface area contributed by atoms with E-state index in [0.29, 0.717) is 34.5 Å². The lowest BCUT2D eigenvalue weighted by Gasteiger charge is -2.07. The number of aromatic nitrogens is 2. The predicted molar refractivity (Wildman–Crippen MR) is 84.6 cm³/mol. The van der Waals surface area contributed by atoms with Gasteiger partial charge in [-0.05, 0) is 51.3 Å². The van der Waals surface area contributed by atoms with Crippen LogP contribution >= 0.6 is 0 Å². The molecule has 5 heteroatoms. The Labute approximate surface area is 127 Å². The quantitative estimate of drug-likeness (QED) is 0.801. The smallest absolute Gasteiger partial charge is 0.294 e. The molecule has 3 rings (SSSR count). The maximum Gasteiger partial charge on any atom is 0.340 e. The second kappa shape index (κ2) is 4.53. The molecule has 0 spiro atoms. The van der Waals surface area contributed by atoms with Crippen molar-refractivity contribution in [2.45, 2.75) is 41.0 Å². The van der Waals surface area contributed by atoms with E-state index in [-0.39, 0.29) is 11.7 Å². The van der Waals surface area contributed by atoms with E-state index in [2.05, 4.69) is 0 Å². The van der Waals surface area contributed by atoms with Gasteiger partial charge in [0.2, 0.25) is 0 Å². The molecule has 0 saturated heterocycles. The van der Waals surface area contributed by atoms with Crippen LogP contribution in [0.5, 0.6) is 0 Å². The summed E-state index contributed by atoms with van der Waals surface area (Å²) in [4.78, 5) is 37.1. The number of Topliss-reactive ketones (excluding diaryl/α,β-unsaturated/α-hetero) is 1. The Hall–Kier alpha value is -2.43. The molecule has 2 aromatic rings. The van der Waals surface area contributed by atoms with Crippen molar-refractivity contribution < 1.29 is 9.59 Å². The van der Waals surface area contributed by atoms with Crippen LogP contribution in [0.3, 0.4) is 0 Å². The van der Waals surface area contributed by atoms with E-state index in [1.807, 2.05) is 19.9 Å². The van der Waals surface area contributed by atoms with Crippen LogP contribution in [0, 0.1) is 13.8 Å². The monoisotopic (exact) mass is 298 g/mol. The molecule has 1 aliphatic heterocycles. The molecule has 0 unspecified atom stereocenters. The second-order valence-corrected chi connectivity index (χ2v) is 5.77. The van der Waals surface area contributed by atoms with Crippen LogP contribution in [0.15, 0.2) is 16.4 Å². The number of rotatable bonds is 2. The SMILES string of the molecule is CCC1=C(C)C(=O)n2c1cc1c(C)c(C(C)=O)c(C)n1c2=O. The first-order valence-electron chi connectivity index (χ1n) is 7.34. The van der Waals surface area contributed by atoms with Gasteiger partial charge < -0.3 is 0 Å². The zero-order valence-corrected chi connectivity index (χ0v) is 13.4. The third kappa shape index (κ3) is 1.56. The minimum atomic E-state index is -0.395. The summed E-state index contributed by atoms with van der Waals surface area (Å²) in [5.41, 5.74) is 4.42. The van der Waals surface area contributed by atoms with Crippen LogP contribution in [0.25, 0.3) is 11.1 Å². The average Bonchev–Trinajstić information content (AvgIpc) is 2.84. The average molecular weight is 298 g/mol. The van der Waals surface area contributed by atoms with Gasteiger partial charge in [0.05, 0.1) is 11.2 Å². The van der Waals surface area contributed by atoms with E-state index in [9.17, 15) is 14.4 Å². The highest BCUT2D eigenvalue weighted by molar-refractivity contribution is 6.08. The molecule has 0 radical (unpaired) electrons. The van der Waals surface area contributed by atoms with Gasteiger partial charge in [-0.2, -0.15) is 0 Å². The number of carbonyl (C=O) groups excluding carboxylic acids is 2. The number of carbonyl (C=O) groups is 2. The fourth-order valence-corrected chi connectivity index (χ4v) is 3.55. The molecule has 114 valence electrons. The summed E-state index contributed by atoms with van der Waals surface area (Å²) in [6.07, 6.45) is 0.686. The number of hydrogen-bond donors (Lipinski definition) is 0. The molecular formula is C17H18N2O3. The third-order valence-electron chi connectivity index (χ3n) is 4.59. The fourth-order valence-electron chi connectivity index (χ4n) is 3.55. The van der Waals surface area contributed by atoms with Gasteiger partial charge in [0.15, 0.2) is 5.78 Å². The van der Waals surface area contributed by atoms with Crippen molar-refractivity contribution in [1.29, 1.82) is 0 Å². The molecule has 0 bridgehead atoms. The maximum atomic E-state index is 12.8. The lowest BCUT2D eigenvalue weighted by atomic mass is 10.0. The molecule has 0 amide bonds. The minimum absolute atomic E-state index is 0.0722. The van der Waals surface area contributed by atoms with Gasteiger partial charge in [-0.1, -0.05) is 6.92 Å². The van der Waals surface area contributed by atoms with Crippen molar-refractivity contribution in [2.24, 2.45) is 0 Å². The summed E-state index contributed by atoms with van der Waals surface area (Å²) in [5.74, 6) is -0.342. The molecule has 0 atom stereocenters. The Bertz CT molecular complexity index is 955. The Morgan fingerprint density at radius 1 is 1.18 bits per heavy atom. The maximum absolute atomic E-state index is 12.8. The van der Waals surface area contributed by atoms with Crippen molar-refractivity contribution >= 4 is 22.8 Å².